The Labute approximate surface area is 302 Å². The second kappa shape index (κ2) is 16.0. The van der Waals surface area contributed by atoms with E-state index in [0.717, 1.165) is 40.8 Å². The molecule has 5 aromatic rings. The molecule has 0 spiro atoms. The van der Waals surface area contributed by atoms with Crippen molar-refractivity contribution in [2.24, 2.45) is 0 Å². The second-order valence-corrected chi connectivity index (χ2v) is 13.7. The standard InChI is InChI=1S/C39H44N8O5/c1-26-9-11-27(12-10-26)47-35(24-33(45-47)39(2,3)4)44-38(50)42-31-13-14-32(30-8-6-5-7-29(30)31)52-28-15-17-40-34(23-28)43-37(49)25-41-36(48)16-18-46-19-21-51-22-20-46/h5-15,17,23-24H,16,18-22,25H2,1-4H3,(H,41,48)(H,40,43,49)(H2,42,44,50). The van der Waals surface area contributed by atoms with Gasteiger partial charge < -0.3 is 25.4 Å². The van der Waals surface area contributed by atoms with Gasteiger partial charge in [0, 0.05) is 60.6 Å². The van der Waals surface area contributed by atoms with Crippen LogP contribution in [0.5, 0.6) is 11.5 Å². The highest BCUT2D eigenvalue weighted by Crippen LogP contribution is 2.35. The number of nitrogens with one attached hydrogen (secondary N) is 4. The number of carbonyl (C=O) groups excluding carboxylic acids is 3. The van der Waals surface area contributed by atoms with Crippen LogP contribution in [0.25, 0.3) is 16.5 Å². The molecule has 270 valence electrons. The van der Waals surface area contributed by atoms with Gasteiger partial charge in [0.25, 0.3) is 0 Å². The number of fused-ring (bicyclic) bond motifs is 1. The van der Waals surface area contributed by atoms with E-state index in [1.165, 1.54) is 6.20 Å². The van der Waals surface area contributed by atoms with Crippen LogP contribution >= 0.6 is 0 Å². The number of nitrogens with zero attached hydrogens (tertiary/aromatic N) is 4. The summed E-state index contributed by atoms with van der Waals surface area (Å²) in [7, 11) is 0. The zero-order valence-corrected chi connectivity index (χ0v) is 29.9. The molecule has 3 aromatic carbocycles. The predicted octanol–water partition coefficient (Wildman–Crippen LogP) is 6.24. The predicted molar refractivity (Wildman–Crippen MR) is 201 cm³/mol. The van der Waals surface area contributed by atoms with E-state index < -0.39 is 11.9 Å². The molecule has 13 heteroatoms. The summed E-state index contributed by atoms with van der Waals surface area (Å²) in [6.07, 6.45) is 1.83. The van der Waals surface area contributed by atoms with Gasteiger partial charge in [-0.15, -0.1) is 0 Å². The van der Waals surface area contributed by atoms with Crippen molar-refractivity contribution in [1.29, 1.82) is 0 Å². The number of hydrogen-bond acceptors (Lipinski definition) is 8. The van der Waals surface area contributed by atoms with Crippen LogP contribution in [0.15, 0.2) is 85.1 Å². The van der Waals surface area contributed by atoms with Crippen LogP contribution in [-0.2, 0) is 19.7 Å². The lowest BCUT2D eigenvalue weighted by molar-refractivity contribution is -0.124. The van der Waals surface area contributed by atoms with E-state index in [-0.39, 0.29) is 23.7 Å². The Morgan fingerprint density at radius 2 is 1.62 bits per heavy atom. The van der Waals surface area contributed by atoms with Crippen LogP contribution in [0.3, 0.4) is 0 Å². The van der Waals surface area contributed by atoms with E-state index in [9.17, 15) is 14.4 Å². The first-order valence-corrected chi connectivity index (χ1v) is 17.3. The minimum absolute atomic E-state index is 0.173. The van der Waals surface area contributed by atoms with E-state index >= 15 is 0 Å². The van der Waals surface area contributed by atoms with Crippen LogP contribution in [0, 0.1) is 6.92 Å². The number of aromatic nitrogens is 3. The summed E-state index contributed by atoms with van der Waals surface area (Å²) in [6, 6.07) is 23.9. The fraction of sp³-hybridized carbons (Fsp3) is 0.308. The number of carbonyl (C=O) groups is 3. The minimum Gasteiger partial charge on any atom is -0.457 e. The Morgan fingerprint density at radius 3 is 2.37 bits per heavy atom. The zero-order valence-electron chi connectivity index (χ0n) is 29.9. The number of benzene rings is 3. The molecule has 1 aliphatic rings. The van der Waals surface area contributed by atoms with Crippen molar-refractivity contribution in [2.45, 2.75) is 39.5 Å². The number of hydrogen-bond donors (Lipinski definition) is 4. The van der Waals surface area contributed by atoms with Gasteiger partial charge in [0.05, 0.1) is 36.8 Å². The number of amides is 4. The molecular weight excluding hydrogens is 660 g/mol. The summed E-state index contributed by atoms with van der Waals surface area (Å²) < 4.78 is 13.3. The molecule has 0 unspecified atom stereocenters. The number of anilines is 3. The van der Waals surface area contributed by atoms with Crippen LogP contribution in [-0.4, -0.2) is 76.9 Å². The molecule has 0 radical (unpaired) electrons. The summed E-state index contributed by atoms with van der Waals surface area (Å²) >= 11 is 0. The Balaban J connectivity index is 1.10. The lowest BCUT2D eigenvalue weighted by atomic mass is 9.92. The molecule has 2 aromatic heterocycles. The first kappa shape index (κ1) is 36.0. The topological polar surface area (TPSA) is 152 Å². The summed E-state index contributed by atoms with van der Waals surface area (Å²) in [5, 5.41) is 17.7. The van der Waals surface area contributed by atoms with Crippen molar-refractivity contribution in [2.75, 3.05) is 55.3 Å². The van der Waals surface area contributed by atoms with E-state index in [1.54, 1.807) is 28.9 Å². The fourth-order valence-corrected chi connectivity index (χ4v) is 5.67. The van der Waals surface area contributed by atoms with Crippen LogP contribution in [0.1, 0.15) is 38.4 Å². The van der Waals surface area contributed by atoms with Crippen molar-refractivity contribution in [3.8, 4) is 17.2 Å². The van der Waals surface area contributed by atoms with Crippen molar-refractivity contribution in [3.63, 3.8) is 0 Å². The first-order chi connectivity index (χ1) is 25.0. The molecule has 4 N–H and O–H groups in total. The SMILES string of the molecule is Cc1ccc(-n2nc(C(C)(C)C)cc2NC(=O)Nc2ccc(Oc3ccnc(NC(=O)CNC(=O)CCN4CCOCC4)c3)c3ccccc23)cc1. The van der Waals surface area contributed by atoms with Crippen LogP contribution < -0.4 is 26.0 Å². The van der Waals surface area contributed by atoms with Crippen molar-refractivity contribution >= 4 is 45.9 Å². The molecule has 0 atom stereocenters. The van der Waals surface area contributed by atoms with Gasteiger partial charge in [0.1, 0.15) is 23.1 Å². The smallest absolute Gasteiger partial charge is 0.324 e. The zero-order chi connectivity index (χ0) is 36.7. The Kier molecular flexibility index (Phi) is 11.1. The number of rotatable bonds is 11. The highest BCUT2D eigenvalue weighted by atomic mass is 16.5. The Hall–Kier alpha value is -5.79. The summed E-state index contributed by atoms with van der Waals surface area (Å²) in [6.45, 7) is 11.6. The van der Waals surface area contributed by atoms with E-state index in [2.05, 4.69) is 51.9 Å². The van der Waals surface area contributed by atoms with Crippen molar-refractivity contribution < 1.29 is 23.9 Å². The van der Waals surface area contributed by atoms with E-state index in [0.29, 0.717) is 49.2 Å². The van der Waals surface area contributed by atoms with Crippen LogP contribution in [0.2, 0.25) is 0 Å². The average molecular weight is 705 g/mol. The number of urea groups is 1. The molecule has 0 saturated carbocycles. The first-order valence-electron chi connectivity index (χ1n) is 17.3. The summed E-state index contributed by atoms with van der Waals surface area (Å²) in [4.78, 5) is 44.7. The van der Waals surface area contributed by atoms with Gasteiger partial charge in [-0.2, -0.15) is 5.10 Å². The fourth-order valence-electron chi connectivity index (χ4n) is 5.67. The number of ether oxygens (including phenoxy) is 2. The van der Waals surface area contributed by atoms with Gasteiger partial charge in [-0.3, -0.25) is 19.8 Å². The second-order valence-electron chi connectivity index (χ2n) is 13.7. The molecule has 1 fully saturated rings. The third kappa shape index (κ3) is 9.30. The lowest BCUT2D eigenvalue weighted by Gasteiger charge is -2.26. The summed E-state index contributed by atoms with van der Waals surface area (Å²) in [5.41, 5.74) is 3.17. The third-order valence-electron chi connectivity index (χ3n) is 8.56. The summed E-state index contributed by atoms with van der Waals surface area (Å²) in [5.74, 6) is 1.22. The highest BCUT2D eigenvalue weighted by Gasteiger charge is 2.22. The maximum Gasteiger partial charge on any atom is 0.324 e. The van der Waals surface area contributed by atoms with E-state index in [1.807, 2.05) is 61.5 Å². The molecular formula is C39H44N8O5. The van der Waals surface area contributed by atoms with E-state index in [4.69, 9.17) is 14.6 Å². The number of aryl methyl sites for hydroxylation is 1. The molecule has 0 bridgehead atoms. The average Bonchev–Trinajstić information content (AvgIpc) is 3.56. The lowest BCUT2D eigenvalue weighted by Crippen LogP contribution is -2.39. The normalized spacial score (nSPS) is 13.4. The largest absolute Gasteiger partial charge is 0.457 e. The minimum atomic E-state index is -0.421. The quantitative estimate of drug-likeness (QED) is 0.126. The van der Waals surface area contributed by atoms with Gasteiger partial charge in [0.2, 0.25) is 11.8 Å². The van der Waals surface area contributed by atoms with Crippen molar-refractivity contribution in [1.82, 2.24) is 25.0 Å². The molecule has 3 heterocycles. The molecule has 52 heavy (non-hydrogen) atoms. The molecule has 13 nitrogen and oxygen atoms in total. The van der Waals surface area contributed by atoms with Gasteiger partial charge in [0.15, 0.2) is 0 Å². The molecule has 4 amide bonds. The molecule has 1 aliphatic heterocycles. The molecule has 6 rings (SSSR count). The Bertz CT molecular complexity index is 2050. The third-order valence-corrected chi connectivity index (χ3v) is 8.56. The van der Waals surface area contributed by atoms with Crippen molar-refractivity contribution in [3.05, 3.63) is 96.3 Å². The monoisotopic (exact) mass is 704 g/mol. The van der Waals surface area contributed by atoms with Gasteiger partial charge >= 0.3 is 6.03 Å². The van der Waals surface area contributed by atoms with Gasteiger partial charge in [-0.05, 0) is 37.3 Å². The van der Waals surface area contributed by atoms with Crippen LogP contribution in [0.4, 0.5) is 22.1 Å². The number of pyridine rings is 1. The number of morpholine rings is 1. The maximum atomic E-state index is 13.4. The van der Waals surface area contributed by atoms with Gasteiger partial charge in [-0.1, -0.05) is 62.7 Å². The molecule has 0 aliphatic carbocycles. The van der Waals surface area contributed by atoms with Gasteiger partial charge in [-0.25, -0.2) is 14.5 Å². The maximum absolute atomic E-state index is 13.4. The Morgan fingerprint density at radius 1 is 0.865 bits per heavy atom. The highest BCUT2D eigenvalue weighted by molar-refractivity contribution is 6.07. The molecule has 1 saturated heterocycles.